The Morgan fingerprint density at radius 3 is 2.63 bits per heavy atom. The third kappa shape index (κ3) is 7.38. The van der Waals surface area contributed by atoms with Crippen molar-refractivity contribution in [1.29, 1.82) is 0 Å². The van der Waals surface area contributed by atoms with Gasteiger partial charge in [-0.1, -0.05) is 44.6 Å². The summed E-state index contributed by atoms with van der Waals surface area (Å²) in [5.74, 6) is 1.00. The molecule has 0 spiro atoms. The Labute approximate surface area is 114 Å². The van der Waals surface area contributed by atoms with Crippen LogP contribution in [0.3, 0.4) is 0 Å². The van der Waals surface area contributed by atoms with E-state index >= 15 is 0 Å². The lowest BCUT2D eigenvalue weighted by molar-refractivity contribution is 0.251. The highest BCUT2D eigenvalue weighted by molar-refractivity contribution is 5.87. The molecule has 7 nitrogen and oxygen atoms in total. The van der Waals surface area contributed by atoms with Crippen molar-refractivity contribution in [3.63, 3.8) is 0 Å². The molecule has 1 heterocycles. The summed E-state index contributed by atoms with van der Waals surface area (Å²) in [4.78, 5) is 12.8. The van der Waals surface area contributed by atoms with E-state index in [2.05, 4.69) is 39.9 Å². The number of urea groups is 1. The van der Waals surface area contributed by atoms with Gasteiger partial charge in [-0.25, -0.2) is 4.79 Å². The van der Waals surface area contributed by atoms with Gasteiger partial charge in [0.1, 0.15) is 0 Å². The lowest BCUT2D eigenvalue weighted by Crippen LogP contribution is -2.30. The molecular formula is C12H24N6O. The number of amides is 2. The van der Waals surface area contributed by atoms with Gasteiger partial charge in [0.2, 0.25) is 0 Å². The van der Waals surface area contributed by atoms with E-state index < -0.39 is 0 Å². The summed E-state index contributed by atoms with van der Waals surface area (Å²) >= 11 is 0. The summed E-state index contributed by atoms with van der Waals surface area (Å²) in [6.07, 6.45) is 5.93. The zero-order valence-corrected chi connectivity index (χ0v) is 12.0. The van der Waals surface area contributed by atoms with Gasteiger partial charge in [-0.15, -0.1) is 5.10 Å². The van der Waals surface area contributed by atoms with Crippen molar-refractivity contribution in [1.82, 2.24) is 25.5 Å². The number of tetrazole rings is 1. The lowest BCUT2D eigenvalue weighted by Gasteiger charge is -2.06. The van der Waals surface area contributed by atoms with Crippen LogP contribution in [0.25, 0.3) is 0 Å². The predicted molar refractivity (Wildman–Crippen MR) is 73.7 cm³/mol. The third-order valence-corrected chi connectivity index (χ3v) is 2.73. The molecule has 0 unspecified atom stereocenters. The molecule has 0 fully saturated rings. The van der Waals surface area contributed by atoms with Crippen LogP contribution in [0.4, 0.5) is 10.7 Å². The van der Waals surface area contributed by atoms with Gasteiger partial charge in [0.05, 0.1) is 7.05 Å². The smallest absolute Gasteiger partial charge is 0.321 e. The van der Waals surface area contributed by atoms with Crippen molar-refractivity contribution in [2.75, 3.05) is 11.9 Å². The van der Waals surface area contributed by atoms with Crippen LogP contribution in [-0.2, 0) is 7.05 Å². The molecule has 7 heteroatoms. The first-order valence-electron chi connectivity index (χ1n) is 6.87. The topological polar surface area (TPSA) is 84.7 Å². The number of aromatic nitrogens is 4. The Morgan fingerprint density at radius 2 is 2.00 bits per heavy atom. The Morgan fingerprint density at radius 1 is 1.26 bits per heavy atom. The predicted octanol–water partition coefficient (Wildman–Crippen LogP) is 1.94. The highest BCUT2D eigenvalue weighted by atomic mass is 16.2. The monoisotopic (exact) mass is 268 g/mol. The number of hydrogen-bond acceptors (Lipinski definition) is 4. The average Bonchev–Trinajstić information content (AvgIpc) is 2.73. The molecule has 0 aliphatic carbocycles. The van der Waals surface area contributed by atoms with Crippen LogP contribution >= 0.6 is 0 Å². The normalized spacial score (nSPS) is 10.7. The zero-order valence-electron chi connectivity index (χ0n) is 12.0. The molecule has 0 bridgehead atoms. The number of unbranched alkanes of at least 4 members (excludes halogenated alkanes) is 3. The summed E-state index contributed by atoms with van der Waals surface area (Å²) in [5.41, 5.74) is 0. The number of aryl methyl sites for hydroxylation is 1. The molecule has 1 aromatic heterocycles. The molecule has 0 saturated carbocycles. The number of rotatable bonds is 8. The summed E-state index contributed by atoms with van der Waals surface area (Å²) in [6.45, 7) is 5.16. The highest BCUT2D eigenvalue weighted by Gasteiger charge is 2.04. The number of carbonyl (C=O) groups is 1. The van der Waals surface area contributed by atoms with Gasteiger partial charge in [0, 0.05) is 6.54 Å². The van der Waals surface area contributed by atoms with Gasteiger partial charge in [-0.05, 0) is 17.6 Å². The number of anilines is 1. The first-order chi connectivity index (χ1) is 9.08. The largest absolute Gasteiger partial charge is 0.338 e. The highest BCUT2D eigenvalue weighted by Crippen LogP contribution is 2.08. The van der Waals surface area contributed by atoms with Crippen molar-refractivity contribution in [2.45, 2.75) is 46.0 Å². The minimum Gasteiger partial charge on any atom is -0.338 e. The lowest BCUT2D eigenvalue weighted by atomic mass is 10.0. The van der Waals surface area contributed by atoms with Crippen LogP contribution in [0.15, 0.2) is 0 Å². The molecule has 108 valence electrons. The molecule has 0 aliphatic heterocycles. The van der Waals surface area contributed by atoms with Crippen LogP contribution in [0.2, 0.25) is 0 Å². The van der Waals surface area contributed by atoms with Gasteiger partial charge < -0.3 is 5.32 Å². The van der Waals surface area contributed by atoms with Crippen molar-refractivity contribution >= 4 is 12.0 Å². The fourth-order valence-electron chi connectivity index (χ4n) is 1.71. The fourth-order valence-corrected chi connectivity index (χ4v) is 1.71. The van der Waals surface area contributed by atoms with E-state index in [4.69, 9.17) is 0 Å². The van der Waals surface area contributed by atoms with Gasteiger partial charge in [0.15, 0.2) is 0 Å². The van der Waals surface area contributed by atoms with E-state index in [9.17, 15) is 4.79 Å². The molecular weight excluding hydrogens is 244 g/mol. The van der Waals surface area contributed by atoms with Crippen molar-refractivity contribution in [3.05, 3.63) is 0 Å². The second-order valence-electron chi connectivity index (χ2n) is 5.08. The van der Waals surface area contributed by atoms with Crippen LogP contribution in [0, 0.1) is 5.92 Å². The molecule has 0 aromatic carbocycles. The second-order valence-corrected chi connectivity index (χ2v) is 5.08. The van der Waals surface area contributed by atoms with Gasteiger partial charge in [-0.2, -0.15) is 4.80 Å². The molecule has 2 N–H and O–H groups in total. The van der Waals surface area contributed by atoms with Crippen molar-refractivity contribution < 1.29 is 4.79 Å². The Hall–Kier alpha value is -1.66. The number of carbonyl (C=O) groups excluding carboxylic acids is 1. The first-order valence-corrected chi connectivity index (χ1v) is 6.87. The first kappa shape index (κ1) is 15.4. The Balaban J connectivity index is 1.99. The SMILES string of the molecule is CC(C)CCCCCCNC(=O)Nc1nnn(C)n1. The van der Waals surface area contributed by atoms with E-state index in [1.165, 1.54) is 24.1 Å². The molecule has 0 radical (unpaired) electrons. The van der Waals surface area contributed by atoms with Crippen LogP contribution in [-0.4, -0.2) is 32.8 Å². The maximum absolute atomic E-state index is 11.5. The van der Waals surface area contributed by atoms with E-state index in [1.807, 2.05) is 0 Å². The molecule has 0 aliphatic rings. The van der Waals surface area contributed by atoms with E-state index in [0.717, 1.165) is 18.8 Å². The maximum atomic E-state index is 11.5. The Kier molecular flexibility index (Phi) is 6.84. The van der Waals surface area contributed by atoms with Gasteiger partial charge >= 0.3 is 6.03 Å². The fraction of sp³-hybridized carbons (Fsp3) is 0.833. The van der Waals surface area contributed by atoms with Gasteiger partial charge in [-0.3, -0.25) is 5.32 Å². The summed E-state index contributed by atoms with van der Waals surface area (Å²) < 4.78 is 0. The zero-order chi connectivity index (χ0) is 14.1. The van der Waals surface area contributed by atoms with Crippen LogP contribution in [0.1, 0.15) is 46.0 Å². The number of hydrogen-bond donors (Lipinski definition) is 2. The van der Waals surface area contributed by atoms with Crippen LogP contribution < -0.4 is 10.6 Å². The summed E-state index contributed by atoms with van der Waals surface area (Å²) in [5, 5.41) is 16.5. The van der Waals surface area contributed by atoms with E-state index in [-0.39, 0.29) is 12.0 Å². The quantitative estimate of drug-likeness (QED) is 0.706. The molecule has 1 aromatic rings. The summed E-state index contributed by atoms with van der Waals surface area (Å²) in [6, 6.07) is -0.282. The standard InChI is InChI=1S/C12H24N6O/c1-10(2)8-6-4-5-7-9-13-12(19)14-11-15-17-18(3)16-11/h10H,4-9H2,1-3H3,(H2,13,14,16,19). The van der Waals surface area contributed by atoms with Gasteiger partial charge in [0.25, 0.3) is 5.95 Å². The minimum atomic E-state index is -0.282. The molecule has 2 amide bonds. The van der Waals surface area contributed by atoms with E-state index in [1.54, 1.807) is 7.05 Å². The molecule has 1 rings (SSSR count). The van der Waals surface area contributed by atoms with Crippen molar-refractivity contribution in [3.8, 4) is 0 Å². The number of nitrogens with one attached hydrogen (secondary N) is 2. The minimum absolute atomic E-state index is 0.219. The average molecular weight is 268 g/mol. The third-order valence-electron chi connectivity index (χ3n) is 2.73. The Bertz CT molecular complexity index is 376. The molecule has 0 saturated heterocycles. The van der Waals surface area contributed by atoms with Crippen molar-refractivity contribution in [2.24, 2.45) is 13.0 Å². The van der Waals surface area contributed by atoms with Crippen LogP contribution in [0.5, 0.6) is 0 Å². The molecule has 19 heavy (non-hydrogen) atoms. The summed E-state index contributed by atoms with van der Waals surface area (Å²) in [7, 11) is 1.65. The maximum Gasteiger partial charge on any atom is 0.321 e. The van der Waals surface area contributed by atoms with E-state index in [0.29, 0.717) is 6.54 Å². The second kappa shape index (κ2) is 8.44. The molecule has 0 atom stereocenters. The number of nitrogens with zero attached hydrogens (tertiary/aromatic N) is 4.